The number of carbonyl (C=O) groups is 3. The number of rotatable bonds is 6. The highest BCUT2D eigenvalue weighted by atomic mass is 16.5. The molecule has 6 nitrogen and oxygen atoms in total. The zero-order chi connectivity index (χ0) is 20.1. The summed E-state index contributed by atoms with van der Waals surface area (Å²) in [5.74, 6) is -0.788. The smallest absolute Gasteiger partial charge is 0.309 e. The van der Waals surface area contributed by atoms with Gasteiger partial charge in [-0.15, -0.1) is 0 Å². The van der Waals surface area contributed by atoms with Crippen LogP contribution in [0.2, 0.25) is 0 Å². The monoisotopic (exact) mass is 382 g/mol. The molecular weight excluding hydrogens is 356 g/mol. The number of aryl methyl sites for hydroxylation is 1. The number of carbonyl (C=O) groups excluding carboxylic acids is 3. The lowest BCUT2D eigenvalue weighted by molar-refractivity contribution is -0.156. The third kappa shape index (κ3) is 4.59. The van der Waals surface area contributed by atoms with Crippen molar-refractivity contribution in [3.05, 3.63) is 29.8 Å². The minimum Gasteiger partial charge on any atom is -0.455 e. The molecule has 0 spiro atoms. The minimum absolute atomic E-state index is 0.0274. The summed E-state index contributed by atoms with van der Waals surface area (Å²) >= 11 is 0. The molecule has 148 valence electrons. The van der Waals surface area contributed by atoms with Gasteiger partial charge in [0.2, 0.25) is 0 Å². The Labute approximate surface area is 165 Å². The zero-order valence-corrected chi connectivity index (χ0v) is 16.2. The number of anilines is 1. The van der Waals surface area contributed by atoms with Gasteiger partial charge in [0.1, 0.15) is 5.78 Å². The Morgan fingerprint density at radius 1 is 1.18 bits per heavy atom. The Morgan fingerprint density at radius 2 is 1.82 bits per heavy atom. The first-order valence-corrected chi connectivity index (χ1v) is 9.94. The summed E-state index contributed by atoms with van der Waals surface area (Å²) in [6.45, 7) is 1.85. The second-order valence-electron chi connectivity index (χ2n) is 7.79. The van der Waals surface area contributed by atoms with Crippen LogP contribution < -0.4 is 4.90 Å². The van der Waals surface area contributed by atoms with Gasteiger partial charge in [-0.05, 0) is 44.7 Å². The quantitative estimate of drug-likeness (QED) is 0.705. The van der Waals surface area contributed by atoms with Crippen molar-refractivity contribution in [2.24, 2.45) is 17.8 Å². The first-order chi connectivity index (χ1) is 13.5. The van der Waals surface area contributed by atoms with E-state index in [4.69, 9.17) is 10.00 Å². The molecule has 3 rings (SSSR count). The van der Waals surface area contributed by atoms with Crippen LogP contribution in [-0.2, 0) is 19.1 Å². The van der Waals surface area contributed by atoms with Gasteiger partial charge in [0.15, 0.2) is 6.61 Å². The fourth-order valence-electron chi connectivity index (χ4n) is 4.29. The maximum absolute atomic E-state index is 12.7. The second kappa shape index (κ2) is 9.01. The fourth-order valence-corrected chi connectivity index (χ4v) is 4.29. The third-order valence-electron chi connectivity index (χ3n) is 5.81. The van der Waals surface area contributed by atoms with Gasteiger partial charge < -0.3 is 9.64 Å². The Kier molecular flexibility index (Phi) is 6.45. The number of hydrogen-bond acceptors (Lipinski definition) is 5. The Balaban J connectivity index is 1.59. The highest BCUT2D eigenvalue weighted by molar-refractivity contribution is 5.95. The van der Waals surface area contributed by atoms with E-state index in [1.807, 2.05) is 37.3 Å². The number of esters is 1. The van der Waals surface area contributed by atoms with Crippen molar-refractivity contribution >= 4 is 23.3 Å². The minimum atomic E-state index is -0.387. The first-order valence-electron chi connectivity index (χ1n) is 9.94. The molecule has 2 aliphatic carbocycles. The molecule has 2 aliphatic rings. The summed E-state index contributed by atoms with van der Waals surface area (Å²) in [4.78, 5) is 38.8. The highest BCUT2D eigenvalue weighted by Gasteiger charge is 2.42. The molecule has 6 heteroatoms. The molecule has 0 aliphatic heterocycles. The highest BCUT2D eigenvalue weighted by Crippen LogP contribution is 2.40. The van der Waals surface area contributed by atoms with E-state index in [2.05, 4.69) is 0 Å². The molecular formula is C22H26N2O4. The van der Waals surface area contributed by atoms with Crippen LogP contribution >= 0.6 is 0 Å². The van der Waals surface area contributed by atoms with Crippen LogP contribution in [0, 0.1) is 36.0 Å². The lowest BCUT2D eigenvalue weighted by Crippen LogP contribution is -2.41. The van der Waals surface area contributed by atoms with Gasteiger partial charge >= 0.3 is 5.97 Å². The number of Topliss-reactive ketones (excluding diaryl/α,β-unsaturated/α-hetero) is 1. The second-order valence-corrected chi connectivity index (χ2v) is 7.79. The summed E-state index contributed by atoms with van der Waals surface area (Å²) < 4.78 is 5.33. The van der Waals surface area contributed by atoms with Crippen molar-refractivity contribution in [3.8, 4) is 6.07 Å². The van der Waals surface area contributed by atoms with Crippen LogP contribution in [0.1, 0.15) is 44.1 Å². The Morgan fingerprint density at radius 3 is 2.43 bits per heavy atom. The van der Waals surface area contributed by atoms with E-state index in [9.17, 15) is 14.4 Å². The van der Waals surface area contributed by atoms with E-state index in [1.54, 1.807) is 0 Å². The first kappa shape index (κ1) is 20.1. The third-order valence-corrected chi connectivity index (χ3v) is 5.81. The van der Waals surface area contributed by atoms with Crippen LogP contribution in [0.3, 0.4) is 0 Å². The van der Waals surface area contributed by atoms with Crippen LogP contribution in [0.25, 0.3) is 0 Å². The van der Waals surface area contributed by atoms with Gasteiger partial charge in [0, 0.05) is 24.1 Å². The van der Waals surface area contributed by atoms with E-state index in [1.165, 1.54) is 4.90 Å². The van der Waals surface area contributed by atoms with E-state index in [-0.39, 0.29) is 49.2 Å². The van der Waals surface area contributed by atoms with Crippen LogP contribution in [0.4, 0.5) is 5.69 Å². The lowest BCUT2D eigenvalue weighted by Gasteiger charge is -2.36. The average molecular weight is 382 g/mol. The molecule has 0 radical (unpaired) electrons. The number of benzene rings is 1. The number of nitrogens with zero attached hydrogens (tertiary/aromatic N) is 2. The SMILES string of the molecule is Cc1ccc(N(CCC#N)C(=O)COC(=O)C2C[C@H]3CCC[C@H](C2)C3=O)cc1. The molecule has 0 saturated heterocycles. The molecule has 2 fully saturated rings. The summed E-state index contributed by atoms with van der Waals surface area (Å²) in [5, 5.41) is 8.88. The molecule has 1 amide bonds. The van der Waals surface area contributed by atoms with Crippen molar-refractivity contribution in [1.82, 2.24) is 0 Å². The number of ketones is 1. The van der Waals surface area contributed by atoms with Gasteiger partial charge in [0.05, 0.1) is 18.4 Å². The van der Waals surface area contributed by atoms with Crippen molar-refractivity contribution in [1.29, 1.82) is 5.26 Å². The van der Waals surface area contributed by atoms with Gasteiger partial charge in [0.25, 0.3) is 5.91 Å². The normalized spacial score (nSPS) is 23.6. The van der Waals surface area contributed by atoms with E-state index < -0.39 is 0 Å². The molecule has 0 aromatic heterocycles. The van der Waals surface area contributed by atoms with Crippen LogP contribution in [0.15, 0.2) is 24.3 Å². The van der Waals surface area contributed by atoms with Crippen LogP contribution in [-0.4, -0.2) is 30.8 Å². The number of hydrogen-bond donors (Lipinski definition) is 0. The molecule has 2 atom stereocenters. The topological polar surface area (TPSA) is 87.5 Å². The number of ether oxygens (including phenoxy) is 1. The average Bonchev–Trinajstić information content (AvgIpc) is 2.67. The molecule has 0 heterocycles. The standard InChI is InChI=1S/C22H26N2O4/c1-15-6-8-19(9-7-15)24(11-3-10-23)20(25)14-28-22(27)18-12-16-4-2-5-17(13-18)21(16)26/h6-9,16-18H,2-5,11-14H2,1H3/t16-,17-/m1/s1. The lowest BCUT2D eigenvalue weighted by atomic mass is 9.67. The fraction of sp³-hybridized carbons (Fsp3) is 0.545. The number of fused-ring (bicyclic) bond motifs is 2. The van der Waals surface area contributed by atoms with Gasteiger partial charge in [-0.1, -0.05) is 24.1 Å². The maximum atomic E-state index is 12.7. The van der Waals surface area contributed by atoms with Gasteiger partial charge in [-0.3, -0.25) is 14.4 Å². The van der Waals surface area contributed by atoms with Crippen molar-refractivity contribution in [2.45, 2.75) is 45.4 Å². The Bertz CT molecular complexity index is 765. The van der Waals surface area contributed by atoms with Crippen molar-refractivity contribution < 1.29 is 19.1 Å². The predicted molar refractivity (Wildman–Crippen MR) is 103 cm³/mol. The summed E-state index contributed by atoms with van der Waals surface area (Å²) in [5.41, 5.74) is 1.75. The molecule has 2 saturated carbocycles. The van der Waals surface area contributed by atoms with Crippen molar-refractivity contribution in [3.63, 3.8) is 0 Å². The summed E-state index contributed by atoms with van der Waals surface area (Å²) in [6, 6.07) is 9.47. The van der Waals surface area contributed by atoms with Gasteiger partial charge in [-0.25, -0.2) is 0 Å². The molecule has 1 aromatic carbocycles. The largest absolute Gasteiger partial charge is 0.455 e. The molecule has 28 heavy (non-hydrogen) atoms. The molecule has 2 bridgehead atoms. The summed E-state index contributed by atoms with van der Waals surface area (Å²) in [6.07, 6.45) is 4.03. The summed E-state index contributed by atoms with van der Waals surface area (Å²) in [7, 11) is 0. The van der Waals surface area contributed by atoms with Crippen LogP contribution in [0.5, 0.6) is 0 Å². The number of nitriles is 1. The molecule has 0 unspecified atom stereocenters. The zero-order valence-electron chi connectivity index (χ0n) is 16.2. The number of amides is 1. The van der Waals surface area contributed by atoms with Crippen molar-refractivity contribution in [2.75, 3.05) is 18.1 Å². The maximum Gasteiger partial charge on any atom is 0.309 e. The predicted octanol–water partition coefficient (Wildman–Crippen LogP) is 3.18. The van der Waals surface area contributed by atoms with E-state index in [0.29, 0.717) is 24.3 Å². The van der Waals surface area contributed by atoms with E-state index >= 15 is 0 Å². The molecule has 0 N–H and O–H groups in total. The Hall–Kier alpha value is -2.68. The molecule has 1 aromatic rings. The van der Waals surface area contributed by atoms with Gasteiger partial charge in [-0.2, -0.15) is 5.26 Å². The van der Waals surface area contributed by atoms with E-state index in [0.717, 1.165) is 24.8 Å².